The molecule has 0 N–H and O–H groups in total. The van der Waals surface area contributed by atoms with E-state index in [2.05, 4.69) is 190 Å². The second-order valence-corrected chi connectivity index (χ2v) is 19.4. The van der Waals surface area contributed by atoms with Crippen molar-refractivity contribution in [1.82, 2.24) is 15.0 Å². The van der Waals surface area contributed by atoms with Gasteiger partial charge in [0.15, 0.2) is 25.5 Å². The monoisotopic (exact) mass is 759 g/mol. The summed E-state index contributed by atoms with van der Waals surface area (Å²) in [5, 5.41) is 5.49. The van der Waals surface area contributed by atoms with Gasteiger partial charge in [0.1, 0.15) is 0 Å². The van der Waals surface area contributed by atoms with Crippen LogP contribution in [0.5, 0.6) is 0 Å². The Bertz CT molecular complexity index is 2720. The van der Waals surface area contributed by atoms with E-state index in [4.69, 9.17) is 15.0 Å². The average Bonchev–Trinajstić information content (AvgIpc) is 3.53. The van der Waals surface area contributed by atoms with E-state index < -0.39 is 8.07 Å². The number of fused-ring (bicyclic) bond motifs is 3. The molecular weight excluding hydrogens is 719 g/mol. The highest BCUT2D eigenvalue weighted by Gasteiger charge is 2.41. The largest absolute Gasteiger partial charge is 0.208 e. The van der Waals surface area contributed by atoms with Crippen molar-refractivity contribution >= 4 is 28.8 Å². The number of aromatic nitrogens is 3. The highest BCUT2D eigenvalue weighted by Crippen LogP contribution is 2.50. The maximum atomic E-state index is 5.04. The molecule has 0 aliphatic heterocycles. The number of hydrogen-bond donors (Lipinski definition) is 0. The lowest BCUT2D eigenvalue weighted by atomic mass is 9.81. The van der Waals surface area contributed by atoms with E-state index in [1.807, 2.05) is 36.4 Å². The van der Waals surface area contributed by atoms with E-state index in [-0.39, 0.29) is 5.41 Å². The van der Waals surface area contributed by atoms with Crippen molar-refractivity contribution in [2.45, 2.75) is 19.3 Å². The predicted octanol–water partition coefficient (Wildman–Crippen LogP) is 10.2. The molecule has 9 aromatic rings. The van der Waals surface area contributed by atoms with Gasteiger partial charge in [-0.25, -0.2) is 15.0 Å². The predicted molar refractivity (Wildman–Crippen MR) is 243 cm³/mol. The van der Waals surface area contributed by atoms with Gasteiger partial charge in [-0.05, 0) is 66.3 Å². The van der Waals surface area contributed by atoms with Crippen LogP contribution in [-0.4, -0.2) is 23.0 Å². The third-order valence-corrected chi connectivity index (χ3v) is 16.7. The van der Waals surface area contributed by atoms with E-state index in [0.29, 0.717) is 17.5 Å². The molecule has 1 aliphatic rings. The molecule has 10 rings (SSSR count). The molecule has 0 atom stereocenters. The normalized spacial score (nSPS) is 12.8. The standard InChI is InChI=1S/C54H41N3Si/c1-54(2)49-36-41(38-28-32-46(33-29-38)58(43-22-12-5-13-23-43,44-24-14-6-15-25-44)45-26-16-7-17-27-45)30-34-47(49)48-35-31-42(37-50(48)54)53-56-51(39-18-8-3-9-19-39)55-52(57-53)40-20-10-4-11-21-40/h3-37H,1-2H3. The van der Waals surface area contributed by atoms with Crippen molar-refractivity contribution in [3.05, 3.63) is 223 Å². The minimum atomic E-state index is -2.60. The molecule has 1 aliphatic carbocycles. The minimum absolute atomic E-state index is 0.232. The van der Waals surface area contributed by atoms with Crippen LogP contribution in [0, 0.1) is 0 Å². The van der Waals surface area contributed by atoms with Gasteiger partial charge < -0.3 is 0 Å². The Hall–Kier alpha value is -7.01. The molecule has 0 spiro atoms. The van der Waals surface area contributed by atoms with Gasteiger partial charge in [-0.1, -0.05) is 214 Å². The third kappa shape index (κ3) is 6.01. The van der Waals surface area contributed by atoms with Gasteiger partial charge in [0.2, 0.25) is 0 Å². The highest BCUT2D eigenvalue weighted by molar-refractivity contribution is 7.19. The Kier molecular flexibility index (Phi) is 8.84. The molecule has 0 amide bonds. The van der Waals surface area contributed by atoms with Crippen molar-refractivity contribution < 1.29 is 0 Å². The van der Waals surface area contributed by atoms with Crippen LogP contribution in [0.1, 0.15) is 25.0 Å². The van der Waals surface area contributed by atoms with Gasteiger partial charge >= 0.3 is 0 Å². The Balaban J connectivity index is 1.03. The fourth-order valence-corrected chi connectivity index (χ4v) is 13.7. The zero-order chi connectivity index (χ0) is 39.1. The van der Waals surface area contributed by atoms with Crippen molar-refractivity contribution in [3.8, 4) is 56.4 Å². The average molecular weight is 760 g/mol. The first kappa shape index (κ1) is 35.4. The fourth-order valence-electron chi connectivity index (χ4n) is 8.97. The number of benzene rings is 8. The van der Waals surface area contributed by atoms with E-state index in [9.17, 15) is 0 Å². The van der Waals surface area contributed by atoms with Crippen molar-refractivity contribution in [1.29, 1.82) is 0 Å². The Morgan fingerprint density at radius 3 is 1.07 bits per heavy atom. The molecule has 58 heavy (non-hydrogen) atoms. The first-order chi connectivity index (χ1) is 28.5. The van der Waals surface area contributed by atoms with E-state index in [1.54, 1.807) is 0 Å². The van der Waals surface area contributed by atoms with Crippen LogP contribution in [0.15, 0.2) is 212 Å². The quantitative estimate of drug-likeness (QED) is 0.114. The van der Waals surface area contributed by atoms with Gasteiger partial charge in [0.05, 0.1) is 0 Å². The topological polar surface area (TPSA) is 38.7 Å². The zero-order valence-electron chi connectivity index (χ0n) is 32.5. The Morgan fingerprint density at radius 1 is 0.310 bits per heavy atom. The van der Waals surface area contributed by atoms with Gasteiger partial charge in [-0.2, -0.15) is 0 Å². The summed E-state index contributed by atoms with van der Waals surface area (Å²) in [7, 11) is -2.60. The lowest BCUT2D eigenvalue weighted by Crippen LogP contribution is -2.74. The molecular formula is C54H41N3Si. The lowest BCUT2D eigenvalue weighted by molar-refractivity contribution is 0.661. The van der Waals surface area contributed by atoms with E-state index in [1.165, 1.54) is 54.1 Å². The van der Waals surface area contributed by atoms with Crippen molar-refractivity contribution in [2.75, 3.05) is 0 Å². The van der Waals surface area contributed by atoms with Crippen LogP contribution >= 0.6 is 0 Å². The molecule has 0 saturated carbocycles. The van der Waals surface area contributed by atoms with Gasteiger partial charge in [-0.3, -0.25) is 0 Å². The molecule has 0 radical (unpaired) electrons. The summed E-state index contributed by atoms with van der Waals surface area (Å²) < 4.78 is 0. The Labute approximate surface area is 341 Å². The van der Waals surface area contributed by atoms with Gasteiger partial charge in [0.25, 0.3) is 0 Å². The molecule has 1 heterocycles. The second kappa shape index (κ2) is 14.5. The second-order valence-electron chi connectivity index (χ2n) is 15.6. The maximum Gasteiger partial charge on any atom is 0.179 e. The number of rotatable bonds is 8. The van der Waals surface area contributed by atoms with Crippen LogP contribution < -0.4 is 20.7 Å². The van der Waals surface area contributed by atoms with Crippen molar-refractivity contribution in [3.63, 3.8) is 0 Å². The third-order valence-electron chi connectivity index (χ3n) is 11.9. The number of nitrogens with zero attached hydrogens (tertiary/aromatic N) is 3. The first-order valence-electron chi connectivity index (χ1n) is 19.9. The van der Waals surface area contributed by atoms with Crippen LogP contribution in [0.25, 0.3) is 56.4 Å². The molecule has 1 aromatic heterocycles. The molecule has 0 unspecified atom stereocenters. The van der Waals surface area contributed by atoms with Crippen LogP contribution in [-0.2, 0) is 5.41 Å². The molecule has 276 valence electrons. The molecule has 8 aromatic carbocycles. The summed E-state index contributed by atoms with van der Waals surface area (Å²) in [5.41, 5.74) is 10.3. The minimum Gasteiger partial charge on any atom is -0.208 e. The molecule has 3 nitrogen and oxygen atoms in total. The first-order valence-corrected chi connectivity index (χ1v) is 21.9. The molecule has 4 heteroatoms. The summed E-state index contributed by atoms with van der Waals surface area (Å²) >= 11 is 0. The van der Waals surface area contributed by atoms with Crippen LogP contribution in [0.3, 0.4) is 0 Å². The highest BCUT2D eigenvalue weighted by atomic mass is 28.3. The summed E-state index contributed by atoms with van der Waals surface area (Å²) in [6.07, 6.45) is 0. The maximum absolute atomic E-state index is 5.04. The fraction of sp³-hybridized carbons (Fsp3) is 0.0556. The van der Waals surface area contributed by atoms with E-state index in [0.717, 1.165) is 16.7 Å². The van der Waals surface area contributed by atoms with Crippen LogP contribution in [0.2, 0.25) is 0 Å². The summed E-state index contributed by atoms with van der Waals surface area (Å²) in [5.74, 6) is 2.00. The summed E-state index contributed by atoms with van der Waals surface area (Å²) in [4.78, 5) is 15.0. The van der Waals surface area contributed by atoms with Crippen molar-refractivity contribution in [2.24, 2.45) is 0 Å². The zero-order valence-corrected chi connectivity index (χ0v) is 33.5. The summed E-state index contributed by atoms with van der Waals surface area (Å²) in [6, 6.07) is 76.8. The lowest BCUT2D eigenvalue weighted by Gasteiger charge is -2.34. The smallest absolute Gasteiger partial charge is 0.179 e. The summed E-state index contributed by atoms with van der Waals surface area (Å²) in [6.45, 7) is 4.68. The Morgan fingerprint density at radius 2 is 0.638 bits per heavy atom. The molecule has 0 fully saturated rings. The number of hydrogen-bond acceptors (Lipinski definition) is 3. The SMILES string of the molecule is CC1(C)c2cc(-c3ccc([Si](c4ccccc4)(c4ccccc4)c4ccccc4)cc3)ccc2-c2ccc(-c3nc(-c4ccccc4)nc(-c4ccccc4)n3)cc21. The van der Waals surface area contributed by atoms with Crippen LogP contribution in [0.4, 0.5) is 0 Å². The molecule has 0 bridgehead atoms. The van der Waals surface area contributed by atoms with Gasteiger partial charge in [0, 0.05) is 22.1 Å². The van der Waals surface area contributed by atoms with E-state index >= 15 is 0 Å². The van der Waals surface area contributed by atoms with Gasteiger partial charge in [-0.15, -0.1) is 0 Å². The molecule has 0 saturated heterocycles.